The lowest BCUT2D eigenvalue weighted by Gasteiger charge is -2.36. The molecule has 0 radical (unpaired) electrons. The van der Waals surface area contributed by atoms with Crippen molar-refractivity contribution in [2.45, 2.75) is 6.42 Å². The van der Waals surface area contributed by atoms with E-state index < -0.39 is 5.97 Å². The number of ether oxygens (including phenoxy) is 1. The zero-order valence-corrected chi connectivity index (χ0v) is 23.3. The molecule has 0 aliphatic carbocycles. The van der Waals surface area contributed by atoms with Gasteiger partial charge in [-0.1, -0.05) is 0 Å². The monoisotopic (exact) mass is 568 g/mol. The third kappa shape index (κ3) is 5.79. The van der Waals surface area contributed by atoms with Crippen LogP contribution in [-0.4, -0.2) is 101 Å². The van der Waals surface area contributed by atoms with Crippen LogP contribution in [0.3, 0.4) is 0 Å². The van der Waals surface area contributed by atoms with Gasteiger partial charge in [0.1, 0.15) is 0 Å². The minimum Gasteiger partial charge on any atom is -0.464 e. The maximum atomic E-state index is 13.1. The number of anilines is 2. The van der Waals surface area contributed by atoms with E-state index in [0.717, 1.165) is 24.3 Å². The van der Waals surface area contributed by atoms with Gasteiger partial charge in [0.25, 0.3) is 0 Å². The number of esters is 1. The number of likely N-dealkylation sites (tertiary alicyclic amines) is 1. The number of benzene rings is 2. The third-order valence-corrected chi connectivity index (χ3v) is 7.90. The van der Waals surface area contributed by atoms with Crippen molar-refractivity contribution in [2.75, 3.05) is 63.1 Å². The number of amides is 2. The van der Waals surface area contributed by atoms with Gasteiger partial charge in [-0.3, -0.25) is 19.6 Å². The number of aromatic nitrogens is 4. The summed E-state index contributed by atoms with van der Waals surface area (Å²) in [7, 11) is 1.30. The molecule has 0 unspecified atom stereocenters. The predicted molar refractivity (Wildman–Crippen MR) is 157 cm³/mol. The Morgan fingerprint density at radius 3 is 2.50 bits per heavy atom. The van der Waals surface area contributed by atoms with Crippen LogP contribution in [0.2, 0.25) is 0 Å². The molecule has 42 heavy (non-hydrogen) atoms. The number of hydrogen-bond acceptors (Lipinski definition) is 9. The Kier molecular flexibility index (Phi) is 7.78. The summed E-state index contributed by atoms with van der Waals surface area (Å²) >= 11 is 0. The average Bonchev–Trinajstić information content (AvgIpc) is 3.68. The molecule has 2 saturated heterocycles. The Labute approximate surface area is 242 Å². The fraction of sp³-hybridized carbons (Fsp3) is 0.333. The normalized spacial score (nSPS) is 17.4. The van der Waals surface area contributed by atoms with Crippen molar-refractivity contribution in [2.24, 2.45) is 5.92 Å². The molecule has 0 spiro atoms. The summed E-state index contributed by atoms with van der Waals surface area (Å²) in [6, 6.07) is 15.2. The molecule has 4 heterocycles. The van der Waals surface area contributed by atoms with Gasteiger partial charge >= 0.3 is 5.97 Å². The standard InChI is InChI=1S/C30H32N8O4/c1-42-30(41)27-24-17-22(5-8-25(24)34-35-27)33-29(40)21-9-12-36(18-21)19-26(39)38-15-13-37(14-16-38)23-6-3-20(4-7-23)28-31-10-2-11-32-28/h2-8,10-11,17,21H,9,12-16,18-19H2,1H3,(H,33,40)(H,34,35)/t21-/m1/s1. The third-order valence-electron chi connectivity index (χ3n) is 7.90. The number of aromatic amines is 1. The Morgan fingerprint density at radius 2 is 1.76 bits per heavy atom. The van der Waals surface area contributed by atoms with E-state index in [-0.39, 0.29) is 23.4 Å². The minimum atomic E-state index is -0.546. The highest BCUT2D eigenvalue weighted by atomic mass is 16.5. The van der Waals surface area contributed by atoms with Gasteiger partial charge in [0.05, 0.1) is 25.1 Å². The smallest absolute Gasteiger partial charge is 0.359 e. The zero-order valence-electron chi connectivity index (χ0n) is 23.3. The van der Waals surface area contributed by atoms with Gasteiger partial charge in [0, 0.05) is 67.4 Å². The second-order valence-electron chi connectivity index (χ2n) is 10.5. The summed E-state index contributed by atoms with van der Waals surface area (Å²) in [4.78, 5) is 52.9. The van der Waals surface area contributed by atoms with Crippen molar-refractivity contribution in [1.29, 1.82) is 0 Å². The van der Waals surface area contributed by atoms with Gasteiger partial charge in [-0.05, 0) is 61.5 Å². The van der Waals surface area contributed by atoms with Gasteiger partial charge in [-0.2, -0.15) is 5.10 Å². The van der Waals surface area contributed by atoms with Crippen LogP contribution in [0.25, 0.3) is 22.3 Å². The Bertz CT molecular complexity index is 1580. The van der Waals surface area contributed by atoms with Crippen molar-refractivity contribution < 1.29 is 19.1 Å². The summed E-state index contributed by atoms with van der Waals surface area (Å²) in [5.41, 5.74) is 3.51. The number of piperazine rings is 1. The van der Waals surface area contributed by atoms with Crippen molar-refractivity contribution in [1.82, 2.24) is 30.0 Å². The molecular weight excluding hydrogens is 536 g/mol. The topological polar surface area (TPSA) is 137 Å². The molecule has 0 bridgehead atoms. The summed E-state index contributed by atoms with van der Waals surface area (Å²) in [5.74, 6) is -0.0840. The van der Waals surface area contributed by atoms with E-state index >= 15 is 0 Å². The highest BCUT2D eigenvalue weighted by Crippen LogP contribution is 2.25. The van der Waals surface area contributed by atoms with Crippen LogP contribution in [0.1, 0.15) is 16.9 Å². The molecule has 216 valence electrons. The summed E-state index contributed by atoms with van der Waals surface area (Å²) in [6.45, 7) is 4.35. The first-order valence-electron chi connectivity index (χ1n) is 14.0. The summed E-state index contributed by atoms with van der Waals surface area (Å²) < 4.78 is 4.78. The number of carbonyl (C=O) groups excluding carboxylic acids is 3. The summed E-state index contributed by atoms with van der Waals surface area (Å²) in [5, 5.41) is 10.3. The first kappa shape index (κ1) is 27.3. The van der Waals surface area contributed by atoms with Crippen LogP contribution in [-0.2, 0) is 14.3 Å². The highest BCUT2D eigenvalue weighted by molar-refractivity contribution is 6.04. The molecular formula is C30H32N8O4. The van der Waals surface area contributed by atoms with Crippen LogP contribution in [0.15, 0.2) is 60.9 Å². The molecule has 2 aromatic heterocycles. The first-order chi connectivity index (χ1) is 20.5. The maximum absolute atomic E-state index is 13.1. The lowest BCUT2D eigenvalue weighted by molar-refractivity contribution is -0.132. The van der Waals surface area contributed by atoms with Crippen LogP contribution in [0.4, 0.5) is 11.4 Å². The minimum absolute atomic E-state index is 0.0908. The molecule has 2 amide bonds. The molecule has 1 atom stereocenters. The molecule has 12 heteroatoms. The van der Waals surface area contributed by atoms with Gasteiger partial charge in [0.15, 0.2) is 11.5 Å². The van der Waals surface area contributed by atoms with Gasteiger partial charge in [0.2, 0.25) is 11.8 Å². The number of fused-ring (bicyclic) bond motifs is 1. The summed E-state index contributed by atoms with van der Waals surface area (Å²) in [6.07, 6.45) is 4.14. The molecule has 0 saturated carbocycles. The van der Waals surface area contributed by atoms with Crippen molar-refractivity contribution >= 4 is 40.1 Å². The van der Waals surface area contributed by atoms with E-state index in [1.54, 1.807) is 36.7 Å². The Hall–Kier alpha value is -4.84. The Morgan fingerprint density at radius 1 is 1.00 bits per heavy atom. The second kappa shape index (κ2) is 12.0. The van der Waals surface area contributed by atoms with Crippen molar-refractivity contribution in [3.63, 3.8) is 0 Å². The van der Waals surface area contributed by atoms with Crippen molar-refractivity contribution in [3.8, 4) is 11.4 Å². The van der Waals surface area contributed by atoms with E-state index in [0.29, 0.717) is 61.6 Å². The fourth-order valence-corrected chi connectivity index (χ4v) is 5.55. The average molecular weight is 569 g/mol. The zero-order chi connectivity index (χ0) is 29.1. The number of methoxy groups -OCH3 is 1. The van der Waals surface area contributed by atoms with Crippen LogP contribution in [0, 0.1) is 5.92 Å². The largest absolute Gasteiger partial charge is 0.464 e. The maximum Gasteiger partial charge on any atom is 0.359 e. The number of H-pyrrole nitrogens is 1. The molecule has 2 aliphatic heterocycles. The first-order valence-corrected chi connectivity index (χ1v) is 14.0. The highest BCUT2D eigenvalue weighted by Gasteiger charge is 2.31. The number of nitrogens with zero attached hydrogens (tertiary/aromatic N) is 6. The SMILES string of the molecule is COC(=O)c1n[nH]c2ccc(NC(=O)[C@@H]3CCN(CC(=O)N4CCN(c5ccc(-c6ncccn6)cc5)CC4)C3)cc12. The molecule has 6 rings (SSSR count). The van der Waals surface area contributed by atoms with Crippen LogP contribution < -0.4 is 10.2 Å². The molecule has 12 nitrogen and oxygen atoms in total. The van der Waals surface area contributed by atoms with Crippen LogP contribution in [0.5, 0.6) is 0 Å². The number of hydrogen-bond donors (Lipinski definition) is 2. The van der Waals surface area contributed by atoms with E-state index in [1.807, 2.05) is 17.0 Å². The lowest BCUT2D eigenvalue weighted by Crippen LogP contribution is -2.51. The number of nitrogens with one attached hydrogen (secondary N) is 2. The van der Waals surface area contributed by atoms with E-state index in [9.17, 15) is 14.4 Å². The predicted octanol–water partition coefficient (Wildman–Crippen LogP) is 2.42. The van der Waals surface area contributed by atoms with E-state index in [4.69, 9.17) is 4.74 Å². The lowest BCUT2D eigenvalue weighted by atomic mass is 10.1. The number of carbonyl (C=O) groups is 3. The van der Waals surface area contributed by atoms with Gasteiger partial charge in [-0.25, -0.2) is 14.8 Å². The van der Waals surface area contributed by atoms with E-state index in [2.05, 4.69) is 47.4 Å². The fourth-order valence-electron chi connectivity index (χ4n) is 5.55. The van der Waals surface area contributed by atoms with Crippen molar-refractivity contribution in [3.05, 3.63) is 66.6 Å². The molecule has 2 aromatic carbocycles. The van der Waals surface area contributed by atoms with Gasteiger partial charge < -0.3 is 19.9 Å². The quantitative estimate of drug-likeness (QED) is 0.322. The number of rotatable bonds is 7. The second-order valence-corrected chi connectivity index (χ2v) is 10.5. The van der Waals surface area contributed by atoms with E-state index in [1.165, 1.54) is 7.11 Å². The molecule has 2 N–H and O–H groups in total. The molecule has 2 fully saturated rings. The molecule has 2 aliphatic rings. The van der Waals surface area contributed by atoms with Crippen LogP contribution >= 0.6 is 0 Å². The molecule has 4 aromatic rings. The van der Waals surface area contributed by atoms with Gasteiger partial charge in [-0.15, -0.1) is 0 Å². The Balaban J connectivity index is 0.976.